The van der Waals surface area contributed by atoms with Crippen LogP contribution < -0.4 is 0 Å². The van der Waals surface area contributed by atoms with Crippen molar-refractivity contribution in [2.45, 2.75) is 32.2 Å². The molecule has 0 saturated carbocycles. The number of hydrogen-bond donors (Lipinski definition) is 0. The lowest BCUT2D eigenvalue weighted by molar-refractivity contribution is 0.0171. The van der Waals surface area contributed by atoms with Gasteiger partial charge in [0.15, 0.2) is 5.82 Å². The third kappa shape index (κ3) is 3.50. The van der Waals surface area contributed by atoms with Gasteiger partial charge in [-0.3, -0.25) is 4.90 Å². The topological polar surface area (TPSA) is 60.6 Å². The molecule has 2 saturated heterocycles. The van der Waals surface area contributed by atoms with Crippen LogP contribution in [0.4, 0.5) is 0 Å². The molecule has 0 N–H and O–H groups in total. The molecule has 0 aliphatic carbocycles. The molecule has 3 heterocycles. The zero-order valence-electron chi connectivity index (χ0n) is 13.9. The van der Waals surface area contributed by atoms with E-state index in [1.165, 1.54) is 5.56 Å². The van der Waals surface area contributed by atoms with Crippen LogP contribution in [0.15, 0.2) is 34.9 Å². The molecule has 0 spiro atoms. The SMILES string of the molecule is Cc1noc([C@@H]2C[C@H]3CN(CCOCc4ccccc4)C[C@H]3O2)n1. The molecule has 2 aliphatic rings. The lowest BCUT2D eigenvalue weighted by atomic mass is 10.0. The normalized spacial score (nSPS) is 26.8. The summed E-state index contributed by atoms with van der Waals surface area (Å²) >= 11 is 0. The van der Waals surface area contributed by atoms with Crippen molar-refractivity contribution in [1.29, 1.82) is 0 Å². The smallest absolute Gasteiger partial charge is 0.255 e. The van der Waals surface area contributed by atoms with Crippen molar-refractivity contribution in [1.82, 2.24) is 15.0 Å². The second kappa shape index (κ2) is 7.01. The maximum Gasteiger partial charge on any atom is 0.255 e. The molecule has 6 heteroatoms. The molecular weight excluding hydrogens is 306 g/mol. The van der Waals surface area contributed by atoms with Crippen molar-refractivity contribution in [3.63, 3.8) is 0 Å². The maximum atomic E-state index is 6.11. The molecule has 0 bridgehead atoms. The highest BCUT2D eigenvalue weighted by atomic mass is 16.5. The summed E-state index contributed by atoms with van der Waals surface area (Å²) < 4.78 is 17.1. The molecule has 2 aliphatic heterocycles. The largest absolute Gasteiger partial charge is 0.375 e. The van der Waals surface area contributed by atoms with Crippen LogP contribution in [0.25, 0.3) is 0 Å². The van der Waals surface area contributed by atoms with Crippen LogP contribution in [-0.2, 0) is 16.1 Å². The molecule has 128 valence electrons. The van der Waals surface area contributed by atoms with Crippen molar-refractivity contribution in [2.24, 2.45) is 5.92 Å². The quantitative estimate of drug-likeness (QED) is 0.758. The Bertz CT molecular complexity index is 647. The minimum absolute atomic E-state index is 0.0299. The zero-order chi connectivity index (χ0) is 16.4. The Hall–Kier alpha value is -1.76. The first-order chi connectivity index (χ1) is 11.8. The highest BCUT2D eigenvalue weighted by Gasteiger charge is 2.43. The second-order valence-corrected chi connectivity index (χ2v) is 6.64. The van der Waals surface area contributed by atoms with E-state index in [2.05, 4.69) is 27.2 Å². The number of benzene rings is 1. The van der Waals surface area contributed by atoms with Gasteiger partial charge in [-0.15, -0.1) is 0 Å². The highest BCUT2D eigenvalue weighted by molar-refractivity contribution is 5.13. The number of nitrogens with zero attached hydrogens (tertiary/aromatic N) is 3. The molecule has 2 aromatic rings. The Labute approximate surface area is 141 Å². The lowest BCUT2D eigenvalue weighted by Gasteiger charge is -2.17. The third-order valence-corrected chi connectivity index (χ3v) is 4.79. The van der Waals surface area contributed by atoms with Gasteiger partial charge in [-0.1, -0.05) is 35.5 Å². The van der Waals surface area contributed by atoms with E-state index in [0.717, 1.165) is 32.7 Å². The highest BCUT2D eigenvalue weighted by Crippen LogP contribution is 2.40. The predicted molar refractivity (Wildman–Crippen MR) is 87.3 cm³/mol. The minimum atomic E-state index is -0.0299. The van der Waals surface area contributed by atoms with Crippen LogP contribution in [-0.4, -0.2) is 47.4 Å². The summed E-state index contributed by atoms with van der Waals surface area (Å²) in [6.07, 6.45) is 1.21. The van der Waals surface area contributed by atoms with Gasteiger partial charge in [-0.25, -0.2) is 0 Å². The number of rotatable bonds is 6. The molecule has 24 heavy (non-hydrogen) atoms. The van der Waals surface area contributed by atoms with Crippen molar-refractivity contribution in [3.05, 3.63) is 47.6 Å². The lowest BCUT2D eigenvalue weighted by Crippen LogP contribution is -2.27. The van der Waals surface area contributed by atoms with Crippen LogP contribution in [0.1, 0.15) is 29.8 Å². The van der Waals surface area contributed by atoms with Crippen molar-refractivity contribution in [3.8, 4) is 0 Å². The van der Waals surface area contributed by atoms with Crippen molar-refractivity contribution < 1.29 is 14.0 Å². The van der Waals surface area contributed by atoms with E-state index in [-0.39, 0.29) is 12.2 Å². The van der Waals surface area contributed by atoms with Crippen LogP contribution in [0.3, 0.4) is 0 Å². The number of aryl methyl sites for hydroxylation is 1. The van der Waals surface area contributed by atoms with E-state index < -0.39 is 0 Å². The van der Waals surface area contributed by atoms with Gasteiger partial charge in [0.1, 0.15) is 6.10 Å². The predicted octanol–water partition coefficient (Wildman–Crippen LogP) is 2.36. The van der Waals surface area contributed by atoms with Crippen LogP contribution in [0.5, 0.6) is 0 Å². The van der Waals surface area contributed by atoms with E-state index in [0.29, 0.717) is 24.2 Å². The molecular formula is C18H23N3O3. The first-order valence-electron chi connectivity index (χ1n) is 8.57. The van der Waals surface area contributed by atoms with E-state index >= 15 is 0 Å². The molecule has 6 nitrogen and oxygen atoms in total. The summed E-state index contributed by atoms with van der Waals surface area (Å²) in [7, 11) is 0. The summed E-state index contributed by atoms with van der Waals surface area (Å²) in [6.45, 7) is 6.23. The first kappa shape index (κ1) is 15.7. The molecule has 4 rings (SSSR count). The molecule has 1 aromatic carbocycles. The molecule has 0 unspecified atom stereocenters. The van der Waals surface area contributed by atoms with E-state index in [9.17, 15) is 0 Å². The number of likely N-dealkylation sites (tertiary alicyclic amines) is 1. The van der Waals surface area contributed by atoms with Gasteiger partial charge < -0.3 is 14.0 Å². The molecule has 2 fully saturated rings. The van der Waals surface area contributed by atoms with Crippen LogP contribution >= 0.6 is 0 Å². The Morgan fingerprint density at radius 3 is 2.88 bits per heavy atom. The molecule has 1 aromatic heterocycles. The van der Waals surface area contributed by atoms with Crippen LogP contribution in [0.2, 0.25) is 0 Å². The van der Waals surface area contributed by atoms with Gasteiger partial charge in [0.25, 0.3) is 5.89 Å². The fraction of sp³-hybridized carbons (Fsp3) is 0.556. The average Bonchev–Trinajstić information content (AvgIpc) is 3.27. The summed E-state index contributed by atoms with van der Waals surface area (Å²) in [6, 6.07) is 10.3. The molecule has 0 radical (unpaired) electrons. The standard InChI is InChI=1S/C18H23N3O3/c1-13-19-18(24-20-13)16-9-15-10-21(11-17(15)23-16)7-8-22-12-14-5-3-2-4-6-14/h2-6,15-17H,7-12H2,1H3/t15-,16-,17+/m0/s1. The van der Waals surface area contributed by atoms with Gasteiger partial charge in [0.2, 0.25) is 0 Å². The Kier molecular flexibility index (Phi) is 4.60. The van der Waals surface area contributed by atoms with Gasteiger partial charge in [0.05, 0.1) is 19.3 Å². The van der Waals surface area contributed by atoms with Gasteiger partial charge in [0, 0.05) is 25.6 Å². The number of hydrogen-bond acceptors (Lipinski definition) is 6. The summed E-state index contributed by atoms with van der Waals surface area (Å²) in [4.78, 5) is 6.72. The molecule has 3 atom stereocenters. The van der Waals surface area contributed by atoms with Crippen LogP contribution in [0, 0.1) is 12.8 Å². The number of fused-ring (bicyclic) bond motifs is 1. The fourth-order valence-corrected chi connectivity index (χ4v) is 3.59. The maximum absolute atomic E-state index is 6.11. The third-order valence-electron chi connectivity index (χ3n) is 4.79. The van der Waals surface area contributed by atoms with Gasteiger partial charge in [-0.05, 0) is 18.9 Å². The van der Waals surface area contributed by atoms with E-state index in [1.54, 1.807) is 0 Å². The number of aromatic nitrogens is 2. The monoisotopic (exact) mass is 329 g/mol. The zero-order valence-corrected chi connectivity index (χ0v) is 13.9. The van der Waals surface area contributed by atoms with E-state index in [4.69, 9.17) is 14.0 Å². The van der Waals surface area contributed by atoms with Crippen molar-refractivity contribution >= 4 is 0 Å². The first-order valence-corrected chi connectivity index (χ1v) is 8.57. The fourth-order valence-electron chi connectivity index (χ4n) is 3.59. The van der Waals surface area contributed by atoms with E-state index in [1.807, 2.05) is 25.1 Å². The summed E-state index contributed by atoms with van der Waals surface area (Å²) in [5, 5.41) is 3.85. The van der Waals surface area contributed by atoms with Crippen molar-refractivity contribution in [2.75, 3.05) is 26.2 Å². The second-order valence-electron chi connectivity index (χ2n) is 6.64. The van der Waals surface area contributed by atoms with Gasteiger partial charge in [-0.2, -0.15) is 4.98 Å². The summed E-state index contributed by atoms with van der Waals surface area (Å²) in [5.41, 5.74) is 1.22. The Balaban J connectivity index is 1.19. The average molecular weight is 329 g/mol. The Morgan fingerprint density at radius 1 is 1.25 bits per heavy atom. The minimum Gasteiger partial charge on any atom is -0.375 e. The summed E-state index contributed by atoms with van der Waals surface area (Å²) in [5.74, 6) is 1.85. The van der Waals surface area contributed by atoms with Gasteiger partial charge >= 0.3 is 0 Å². The Morgan fingerprint density at radius 2 is 2.12 bits per heavy atom. The molecule has 0 amide bonds. The number of ether oxygens (including phenoxy) is 2.